The van der Waals surface area contributed by atoms with Gasteiger partial charge in [-0.3, -0.25) is 19.0 Å². The van der Waals surface area contributed by atoms with E-state index in [1.807, 2.05) is 50.2 Å². The van der Waals surface area contributed by atoms with Crippen LogP contribution in [0.1, 0.15) is 124 Å². The smallest absolute Gasteiger partial charge is 0.335 e. The molecule has 1 heterocycles. The highest BCUT2D eigenvalue weighted by atomic mass is 35.5. The number of hydrogen-bond donors (Lipinski definition) is 3. The number of rotatable bonds is 19. The SMILES string of the molecule is CCOc1c(O)n(C(C(=O)Nc2cc(NC(=O)C(CC)Oc3ccc(C(C)(C)CC)cc3C(C)(C)CC)ccc2Cl)C(=O)C2(CC)CC2)c(=O)n1Cc1ccccc1. The Bertz CT molecular complexity index is 2190. The Morgan fingerprint density at radius 2 is 1.55 bits per heavy atom. The molecule has 1 fully saturated rings. The Kier molecular flexibility index (Phi) is 13.6. The van der Waals surface area contributed by atoms with Gasteiger partial charge in [0.05, 0.1) is 23.9 Å². The molecule has 12 heteroatoms. The van der Waals surface area contributed by atoms with Crippen molar-refractivity contribution in [1.82, 2.24) is 9.13 Å². The third-order valence-corrected chi connectivity index (χ3v) is 12.4. The highest BCUT2D eigenvalue weighted by molar-refractivity contribution is 6.34. The van der Waals surface area contributed by atoms with Crippen molar-refractivity contribution in [3.05, 3.63) is 98.9 Å². The summed E-state index contributed by atoms with van der Waals surface area (Å²) >= 11 is 6.61. The molecular weight excluding hydrogens is 756 g/mol. The minimum Gasteiger partial charge on any atom is -0.491 e. The van der Waals surface area contributed by atoms with Crippen molar-refractivity contribution in [2.75, 3.05) is 17.2 Å². The number of halogens is 1. The normalized spacial score (nSPS) is 14.7. The minimum atomic E-state index is -1.74. The van der Waals surface area contributed by atoms with Crippen LogP contribution in [-0.2, 0) is 31.8 Å². The summed E-state index contributed by atoms with van der Waals surface area (Å²) in [4.78, 5) is 56.6. The lowest BCUT2D eigenvalue weighted by molar-refractivity contribution is -0.134. The Morgan fingerprint density at radius 1 is 0.879 bits per heavy atom. The third-order valence-electron chi connectivity index (χ3n) is 12.1. The maximum Gasteiger partial charge on any atom is 0.335 e. The van der Waals surface area contributed by atoms with Gasteiger partial charge in [0.25, 0.3) is 23.6 Å². The second-order valence-corrected chi connectivity index (χ2v) is 17.0. The number of ether oxygens (including phenoxy) is 2. The van der Waals surface area contributed by atoms with Crippen molar-refractivity contribution in [2.24, 2.45) is 5.41 Å². The largest absolute Gasteiger partial charge is 0.491 e. The molecule has 0 saturated heterocycles. The second-order valence-electron chi connectivity index (χ2n) is 16.6. The number of carbonyl (C=O) groups excluding carboxylic acids is 3. The van der Waals surface area contributed by atoms with Crippen LogP contribution in [0.15, 0.2) is 71.5 Å². The van der Waals surface area contributed by atoms with Crippen molar-refractivity contribution in [3.63, 3.8) is 0 Å². The molecule has 1 aliphatic carbocycles. The molecule has 1 aliphatic rings. The van der Waals surface area contributed by atoms with E-state index in [1.54, 1.807) is 13.0 Å². The zero-order valence-corrected chi connectivity index (χ0v) is 36.1. The quantitative estimate of drug-likeness (QED) is 0.0801. The van der Waals surface area contributed by atoms with Crippen LogP contribution in [-0.4, -0.2) is 44.5 Å². The van der Waals surface area contributed by atoms with Gasteiger partial charge in [0.1, 0.15) is 5.75 Å². The number of ketones is 1. The molecule has 0 spiro atoms. The molecule has 3 aromatic carbocycles. The van der Waals surface area contributed by atoms with Crippen LogP contribution in [0.5, 0.6) is 17.5 Å². The van der Waals surface area contributed by atoms with Gasteiger partial charge in [0, 0.05) is 16.7 Å². The van der Waals surface area contributed by atoms with E-state index in [-0.39, 0.29) is 40.6 Å². The van der Waals surface area contributed by atoms with E-state index >= 15 is 0 Å². The number of nitrogens with zero attached hydrogens (tertiary/aromatic N) is 2. The lowest BCUT2D eigenvalue weighted by atomic mass is 9.76. The fourth-order valence-electron chi connectivity index (χ4n) is 7.09. The molecule has 5 rings (SSSR count). The van der Waals surface area contributed by atoms with E-state index in [0.717, 1.165) is 28.5 Å². The van der Waals surface area contributed by atoms with E-state index in [0.29, 0.717) is 37.1 Å². The zero-order valence-electron chi connectivity index (χ0n) is 35.3. The lowest BCUT2D eigenvalue weighted by Crippen LogP contribution is -2.41. The standard InChI is InChI=1S/C46H59ClN4O7/c1-10-35(58-36-23-20-30(44(6,7)11-2)26-32(36)45(8,9)12-3)39(53)48-31-21-22-33(47)34(27-31)49-40(54)37(38(52)46(13-4)24-25-46)51-41(55)42(57-14-5)50(43(51)56)28-29-18-16-15-17-19-29/h15-23,26-27,35,37,55H,10-14,24-25,28H2,1-9H3,(H,48,53)(H,49,54). The van der Waals surface area contributed by atoms with E-state index in [4.69, 9.17) is 21.1 Å². The zero-order chi connectivity index (χ0) is 42.6. The topological polar surface area (TPSA) is 141 Å². The molecule has 0 radical (unpaired) electrons. The van der Waals surface area contributed by atoms with Crippen molar-refractivity contribution in [2.45, 2.75) is 130 Å². The number of imidazole rings is 1. The summed E-state index contributed by atoms with van der Waals surface area (Å²) in [5, 5.41) is 17.3. The predicted octanol–water partition coefficient (Wildman–Crippen LogP) is 9.57. The van der Waals surface area contributed by atoms with Gasteiger partial charge in [0.2, 0.25) is 0 Å². The summed E-state index contributed by atoms with van der Waals surface area (Å²) in [5.41, 5.74) is 1.57. The molecule has 0 aliphatic heterocycles. The third kappa shape index (κ3) is 9.15. The highest BCUT2D eigenvalue weighted by Crippen LogP contribution is 2.52. The number of hydrogen-bond acceptors (Lipinski definition) is 7. The Hall–Kier alpha value is -5.03. The maximum absolute atomic E-state index is 14.4. The van der Waals surface area contributed by atoms with Gasteiger partial charge in [-0.25, -0.2) is 9.36 Å². The van der Waals surface area contributed by atoms with Crippen LogP contribution in [0.25, 0.3) is 0 Å². The summed E-state index contributed by atoms with van der Waals surface area (Å²) in [6, 6.07) is 18.2. The first kappa shape index (κ1) is 44.1. The highest BCUT2D eigenvalue weighted by Gasteiger charge is 2.53. The van der Waals surface area contributed by atoms with E-state index < -0.39 is 46.7 Å². The number of anilines is 2. The summed E-state index contributed by atoms with van der Waals surface area (Å²) < 4.78 is 14.2. The van der Waals surface area contributed by atoms with Crippen LogP contribution >= 0.6 is 11.6 Å². The first-order chi connectivity index (χ1) is 27.5. The molecule has 4 aromatic rings. The van der Waals surface area contributed by atoms with E-state index in [9.17, 15) is 24.3 Å². The summed E-state index contributed by atoms with van der Waals surface area (Å²) in [5.74, 6) is -1.90. The fraction of sp³-hybridized carbons (Fsp3) is 0.478. The molecule has 1 aromatic heterocycles. The maximum atomic E-state index is 14.4. The molecule has 312 valence electrons. The average molecular weight is 815 g/mol. The minimum absolute atomic E-state index is 0.0286. The van der Waals surface area contributed by atoms with E-state index in [2.05, 4.69) is 64.3 Å². The Morgan fingerprint density at radius 3 is 2.14 bits per heavy atom. The molecule has 1 saturated carbocycles. The van der Waals surface area contributed by atoms with Crippen molar-refractivity contribution in [1.29, 1.82) is 0 Å². The number of carbonyl (C=O) groups is 3. The van der Waals surface area contributed by atoms with Crippen LogP contribution in [0.4, 0.5) is 11.4 Å². The van der Waals surface area contributed by atoms with Gasteiger partial charge in [-0.05, 0) is 91.7 Å². The van der Waals surface area contributed by atoms with Crippen molar-refractivity contribution in [3.8, 4) is 17.5 Å². The van der Waals surface area contributed by atoms with Gasteiger partial charge in [-0.1, -0.05) is 109 Å². The van der Waals surface area contributed by atoms with Crippen molar-refractivity contribution >= 4 is 40.6 Å². The van der Waals surface area contributed by atoms with Crippen LogP contribution < -0.4 is 25.8 Å². The molecule has 2 amide bonds. The summed E-state index contributed by atoms with van der Waals surface area (Å²) in [6.07, 6.45) is 2.93. The summed E-state index contributed by atoms with van der Waals surface area (Å²) in [6.45, 7) is 18.7. The summed E-state index contributed by atoms with van der Waals surface area (Å²) in [7, 11) is 0. The molecular formula is C46H59ClN4O7. The van der Waals surface area contributed by atoms with Gasteiger partial charge < -0.3 is 25.2 Å². The molecule has 2 atom stereocenters. The van der Waals surface area contributed by atoms with Crippen LogP contribution in [0, 0.1) is 5.41 Å². The van der Waals surface area contributed by atoms with Crippen LogP contribution in [0.2, 0.25) is 5.02 Å². The molecule has 0 bridgehead atoms. The molecule has 3 N–H and O–H groups in total. The number of Topliss-reactive ketones (excluding diaryl/α,β-unsaturated/α-hetero) is 1. The molecule has 2 unspecified atom stereocenters. The Balaban J connectivity index is 1.44. The van der Waals surface area contributed by atoms with Gasteiger partial charge in [0.15, 0.2) is 17.9 Å². The Labute approximate surface area is 347 Å². The average Bonchev–Trinajstić information content (AvgIpc) is 3.99. The number of amides is 2. The predicted molar refractivity (Wildman–Crippen MR) is 230 cm³/mol. The number of aromatic hydroxyl groups is 1. The monoisotopic (exact) mass is 814 g/mol. The van der Waals surface area contributed by atoms with Crippen LogP contribution in [0.3, 0.4) is 0 Å². The number of aromatic nitrogens is 2. The number of nitrogens with one attached hydrogen (secondary N) is 2. The molecule has 58 heavy (non-hydrogen) atoms. The fourth-order valence-corrected chi connectivity index (χ4v) is 7.26. The van der Waals surface area contributed by atoms with Gasteiger partial charge in [-0.2, -0.15) is 0 Å². The van der Waals surface area contributed by atoms with Crippen molar-refractivity contribution < 1.29 is 29.0 Å². The first-order valence-corrected chi connectivity index (χ1v) is 20.8. The van der Waals surface area contributed by atoms with Gasteiger partial charge >= 0.3 is 5.69 Å². The first-order valence-electron chi connectivity index (χ1n) is 20.4. The number of benzene rings is 3. The molecule has 11 nitrogen and oxygen atoms in total. The van der Waals surface area contributed by atoms with Gasteiger partial charge in [-0.15, -0.1) is 0 Å². The van der Waals surface area contributed by atoms with E-state index in [1.165, 1.54) is 22.3 Å². The lowest BCUT2D eigenvalue weighted by Gasteiger charge is -2.31. The second kappa shape index (κ2) is 17.9.